The van der Waals surface area contributed by atoms with Crippen molar-refractivity contribution in [2.75, 3.05) is 0 Å². The van der Waals surface area contributed by atoms with E-state index < -0.39 is 10.9 Å². The van der Waals surface area contributed by atoms with Gasteiger partial charge in [-0.05, 0) is 36.4 Å². The predicted octanol–water partition coefficient (Wildman–Crippen LogP) is 4.82. The summed E-state index contributed by atoms with van der Waals surface area (Å²) in [5, 5.41) is -3.66. The van der Waals surface area contributed by atoms with Gasteiger partial charge in [0.1, 0.15) is 0 Å². The third kappa shape index (κ3) is 2.86. The van der Waals surface area contributed by atoms with E-state index in [0.29, 0.717) is 5.52 Å². The molecule has 2 rings (SSSR count). The maximum absolute atomic E-state index is 13.1. The summed E-state index contributed by atoms with van der Waals surface area (Å²) in [5.41, 5.74) is -1.07. The van der Waals surface area contributed by atoms with Crippen molar-refractivity contribution >= 4 is 44.9 Å². The summed E-state index contributed by atoms with van der Waals surface area (Å²) in [6, 6.07) is 5.44. The van der Waals surface area contributed by atoms with E-state index in [9.17, 15) is 13.2 Å². The maximum atomic E-state index is 13.1. The molecule has 0 saturated carbocycles. The summed E-state index contributed by atoms with van der Waals surface area (Å²) in [6.07, 6.45) is 0. The Morgan fingerprint density at radius 1 is 1.47 bits per heavy atom. The van der Waals surface area contributed by atoms with Gasteiger partial charge in [-0.2, -0.15) is 8.78 Å². The maximum Gasteiger partial charge on any atom is 0.344 e. The molecule has 0 bridgehead atoms. The van der Waals surface area contributed by atoms with Crippen LogP contribution in [0.4, 0.5) is 13.2 Å². The molecule has 0 spiro atoms. The van der Waals surface area contributed by atoms with Gasteiger partial charge in [0.05, 0.1) is 10.2 Å². The molecule has 1 aromatic carbocycles. The van der Waals surface area contributed by atoms with E-state index in [2.05, 4.69) is 4.98 Å². The van der Waals surface area contributed by atoms with Crippen LogP contribution in [-0.4, -0.2) is 15.9 Å². The zero-order valence-corrected chi connectivity index (χ0v) is 11.0. The molecular formula is C10H7ClF3NS2. The molecule has 7 heteroatoms. The highest BCUT2D eigenvalue weighted by atomic mass is 35.5. The van der Waals surface area contributed by atoms with Crippen LogP contribution in [0.2, 0.25) is 0 Å². The Kier molecular flexibility index (Phi) is 3.56. The number of benzene rings is 1. The van der Waals surface area contributed by atoms with Gasteiger partial charge >= 0.3 is 5.25 Å². The van der Waals surface area contributed by atoms with Crippen molar-refractivity contribution in [3.05, 3.63) is 23.8 Å². The number of fused-ring (bicyclic) bond motifs is 1. The molecule has 0 aliphatic carbocycles. The Morgan fingerprint density at radius 3 is 2.82 bits per heavy atom. The summed E-state index contributed by atoms with van der Waals surface area (Å²) in [4.78, 5) is 4.00. The van der Waals surface area contributed by atoms with Crippen LogP contribution in [0.5, 0.6) is 0 Å². The normalized spacial score (nSPS) is 14.2. The lowest BCUT2D eigenvalue weighted by Gasteiger charge is -2.12. The fourth-order valence-electron chi connectivity index (χ4n) is 1.22. The Labute approximate surface area is 109 Å². The molecule has 1 heterocycles. The lowest BCUT2D eigenvalue weighted by Crippen LogP contribution is -2.20. The van der Waals surface area contributed by atoms with E-state index in [1.54, 1.807) is 6.07 Å². The average molecular weight is 298 g/mol. The van der Waals surface area contributed by atoms with E-state index >= 15 is 0 Å². The number of nitrogens with zero attached hydrogens (tertiary/aromatic N) is 1. The molecule has 0 amide bonds. The number of aryl methyl sites for hydroxylation is 1. The van der Waals surface area contributed by atoms with E-state index in [-0.39, 0.29) is 16.1 Å². The Balaban J connectivity index is 2.31. The Hall–Kier alpha value is -0.460. The van der Waals surface area contributed by atoms with Crippen molar-refractivity contribution in [3.63, 3.8) is 0 Å². The molecule has 0 aliphatic heterocycles. The van der Waals surface area contributed by atoms with Gasteiger partial charge in [0.25, 0.3) is 0 Å². The second-order valence-corrected chi connectivity index (χ2v) is 6.22. The third-order valence-electron chi connectivity index (χ3n) is 2.00. The molecule has 0 aliphatic rings. The quantitative estimate of drug-likeness (QED) is 0.595. The highest BCUT2D eigenvalue weighted by molar-refractivity contribution is 8.02. The topological polar surface area (TPSA) is 12.9 Å². The number of aromatic nitrogens is 1. The summed E-state index contributed by atoms with van der Waals surface area (Å²) >= 11 is 5.94. The number of hydrogen-bond donors (Lipinski definition) is 0. The molecule has 1 unspecified atom stereocenters. The van der Waals surface area contributed by atoms with Gasteiger partial charge in [0.15, 0.2) is 4.34 Å². The van der Waals surface area contributed by atoms with Crippen molar-refractivity contribution in [2.24, 2.45) is 0 Å². The van der Waals surface area contributed by atoms with Gasteiger partial charge < -0.3 is 0 Å². The van der Waals surface area contributed by atoms with Crippen LogP contribution >= 0.6 is 34.7 Å². The van der Waals surface area contributed by atoms with E-state index in [1.165, 1.54) is 0 Å². The molecular weight excluding hydrogens is 291 g/mol. The minimum atomic E-state index is -3.66. The van der Waals surface area contributed by atoms with Crippen LogP contribution in [0, 0.1) is 6.92 Å². The molecule has 0 saturated heterocycles. The number of hydrogen-bond acceptors (Lipinski definition) is 3. The molecule has 0 radical (unpaired) electrons. The fraction of sp³-hybridized carbons (Fsp3) is 0.300. The summed E-state index contributed by atoms with van der Waals surface area (Å²) in [6.45, 7) is 1.90. The molecule has 17 heavy (non-hydrogen) atoms. The van der Waals surface area contributed by atoms with Gasteiger partial charge in [0, 0.05) is 0 Å². The first-order valence-electron chi connectivity index (χ1n) is 4.60. The highest BCUT2D eigenvalue weighted by Gasteiger charge is 2.41. The first-order chi connectivity index (χ1) is 7.88. The molecule has 2 aromatic rings. The van der Waals surface area contributed by atoms with Gasteiger partial charge in [-0.25, -0.2) is 9.37 Å². The lowest BCUT2D eigenvalue weighted by molar-refractivity contribution is 0.0537. The van der Waals surface area contributed by atoms with Crippen molar-refractivity contribution < 1.29 is 13.2 Å². The molecule has 1 aromatic heterocycles. The van der Waals surface area contributed by atoms with E-state index in [4.69, 9.17) is 11.6 Å². The Morgan fingerprint density at radius 2 is 2.18 bits per heavy atom. The fourth-order valence-corrected chi connectivity index (χ4v) is 3.38. The van der Waals surface area contributed by atoms with E-state index in [0.717, 1.165) is 21.6 Å². The second kappa shape index (κ2) is 4.66. The first-order valence-corrected chi connectivity index (χ1v) is 6.67. The standard InChI is InChI=1S/C10H7ClF3NS2/c1-5-2-3-6-7(4-5)16-9(15-6)17-10(13,14)8(11)12/h2-4,8H,1H3. The van der Waals surface area contributed by atoms with Crippen LogP contribution in [0.1, 0.15) is 5.56 Å². The minimum Gasteiger partial charge on any atom is -0.229 e. The van der Waals surface area contributed by atoms with Crippen molar-refractivity contribution in [1.82, 2.24) is 4.98 Å². The summed E-state index contributed by atoms with van der Waals surface area (Å²) < 4.78 is 39.5. The number of rotatable bonds is 3. The zero-order chi connectivity index (χ0) is 12.6. The van der Waals surface area contributed by atoms with Crippen molar-refractivity contribution in [2.45, 2.75) is 22.1 Å². The second-order valence-electron chi connectivity index (χ2n) is 3.42. The Bertz CT molecular complexity index is 541. The zero-order valence-electron chi connectivity index (χ0n) is 8.58. The van der Waals surface area contributed by atoms with Crippen molar-refractivity contribution in [1.29, 1.82) is 0 Å². The molecule has 92 valence electrons. The minimum absolute atomic E-state index is 0.0527. The van der Waals surface area contributed by atoms with Crippen LogP contribution in [-0.2, 0) is 0 Å². The SMILES string of the molecule is Cc1ccc2nc(SC(F)(F)C(F)Cl)sc2c1. The highest BCUT2D eigenvalue weighted by Crippen LogP contribution is 2.43. The molecule has 0 fully saturated rings. The largest absolute Gasteiger partial charge is 0.344 e. The van der Waals surface area contributed by atoms with Crippen molar-refractivity contribution in [3.8, 4) is 0 Å². The average Bonchev–Trinajstić information content (AvgIpc) is 2.57. The van der Waals surface area contributed by atoms with Gasteiger partial charge in [-0.3, -0.25) is 0 Å². The number of thiazole rings is 1. The van der Waals surface area contributed by atoms with Crippen LogP contribution in [0.25, 0.3) is 10.2 Å². The summed E-state index contributed by atoms with van der Waals surface area (Å²) in [7, 11) is 0. The van der Waals surface area contributed by atoms with Gasteiger partial charge in [-0.1, -0.05) is 17.7 Å². The predicted molar refractivity (Wildman–Crippen MR) is 65.9 cm³/mol. The molecule has 1 atom stereocenters. The number of halogens is 4. The monoisotopic (exact) mass is 297 g/mol. The van der Waals surface area contributed by atoms with E-state index in [1.807, 2.05) is 19.1 Å². The smallest absolute Gasteiger partial charge is 0.229 e. The van der Waals surface area contributed by atoms with Crippen LogP contribution < -0.4 is 0 Å². The van der Waals surface area contributed by atoms with Crippen LogP contribution in [0.3, 0.4) is 0 Å². The molecule has 0 N–H and O–H groups in total. The summed E-state index contributed by atoms with van der Waals surface area (Å²) in [5.74, 6) is 0. The lowest BCUT2D eigenvalue weighted by atomic mass is 10.2. The van der Waals surface area contributed by atoms with Gasteiger partial charge in [-0.15, -0.1) is 11.3 Å². The number of alkyl halides is 4. The van der Waals surface area contributed by atoms with Gasteiger partial charge in [0.2, 0.25) is 5.63 Å². The first kappa shape index (κ1) is 13.0. The number of thioether (sulfide) groups is 1. The van der Waals surface area contributed by atoms with Crippen LogP contribution in [0.15, 0.2) is 22.5 Å². The molecule has 1 nitrogen and oxygen atoms in total. The third-order valence-corrected chi connectivity index (χ3v) is 4.46.